The van der Waals surface area contributed by atoms with Gasteiger partial charge in [0.25, 0.3) is 5.91 Å². The molecule has 0 aliphatic rings. The third-order valence-electron chi connectivity index (χ3n) is 6.29. The Balaban J connectivity index is 1.75. The molecule has 45 heavy (non-hydrogen) atoms. The monoisotopic (exact) mass is 623 g/mol. The van der Waals surface area contributed by atoms with Crippen molar-refractivity contribution in [3.05, 3.63) is 78.2 Å². The van der Waals surface area contributed by atoms with E-state index < -0.39 is 47.1 Å². The molecule has 3 amide bonds. The van der Waals surface area contributed by atoms with Gasteiger partial charge in [-0.3, -0.25) is 9.59 Å². The van der Waals surface area contributed by atoms with Crippen molar-refractivity contribution in [1.82, 2.24) is 20.2 Å². The zero-order valence-electron chi connectivity index (χ0n) is 26.3. The van der Waals surface area contributed by atoms with E-state index in [0.29, 0.717) is 17.9 Å². The maximum atomic E-state index is 13.4. The van der Waals surface area contributed by atoms with Gasteiger partial charge in [0, 0.05) is 6.20 Å². The first-order valence-electron chi connectivity index (χ1n) is 14.4. The molecular formula is C32H41N5O8. The van der Waals surface area contributed by atoms with Crippen LogP contribution >= 0.6 is 0 Å². The summed E-state index contributed by atoms with van der Waals surface area (Å²) in [6.45, 7) is 10.3. The molecule has 13 heteroatoms. The fraction of sp³-hybridized carbons (Fsp3) is 0.406. The van der Waals surface area contributed by atoms with Crippen LogP contribution in [-0.2, 0) is 30.5 Å². The molecule has 0 aliphatic carbocycles. The molecule has 0 saturated heterocycles. The van der Waals surface area contributed by atoms with Crippen molar-refractivity contribution in [2.24, 2.45) is 0 Å². The Hall–Kier alpha value is -4.91. The van der Waals surface area contributed by atoms with Crippen LogP contribution in [0.3, 0.4) is 0 Å². The van der Waals surface area contributed by atoms with Crippen LogP contribution in [-0.4, -0.2) is 68.9 Å². The van der Waals surface area contributed by atoms with Crippen LogP contribution < -0.4 is 20.7 Å². The van der Waals surface area contributed by atoms with Crippen molar-refractivity contribution in [2.45, 2.75) is 71.4 Å². The number of amides is 3. The second kappa shape index (κ2) is 15.2. The first-order chi connectivity index (χ1) is 21.2. The van der Waals surface area contributed by atoms with Gasteiger partial charge in [-0.05, 0) is 64.8 Å². The molecule has 242 valence electrons. The van der Waals surface area contributed by atoms with Crippen LogP contribution in [0.1, 0.15) is 58.7 Å². The van der Waals surface area contributed by atoms with E-state index in [2.05, 4.69) is 20.9 Å². The Kier molecular flexibility index (Phi) is 11.7. The summed E-state index contributed by atoms with van der Waals surface area (Å²) in [7, 11) is 0. The van der Waals surface area contributed by atoms with Gasteiger partial charge in [0.1, 0.15) is 22.9 Å². The summed E-state index contributed by atoms with van der Waals surface area (Å²) in [5.41, 5.74) is -0.891. The van der Waals surface area contributed by atoms with E-state index in [4.69, 9.17) is 14.2 Å². The Morgan fingerprint density at radius 2 is 1.64 bits per heavy atom. The first kappa shape index (κ1) is 34.6. The number of alkyl carbamates (subject to hydrolysis) is 1. The Morgan fingerprint density at radius 3 is 2.24 bits per heavy atom. The Bertz CT molecular complexity index is 1450. The standard InChI is InChI=1S/C32H41N5O8/c1-7-44-23-15-13-22(14-16-23)26(28(39)40)37-17-25(33-20-37)35-27(38)24(19-43-18-21-11-9-8-10-12-21)34-29(41)32(5,6)36-30(42)45-31(2,3)4/h8-17,20,24,26H,7,18-19H2,1-6H3,(H,34,41)(H,35,38)(H,36,42)(H,39,40). The molecule has 2 aromatic carbocycles. The summed E-state index contributed by atoms with van der Waals surface area (Å²) in [6.07, 6.45) is 1.87. The average molecular weight is 624 g/mol. The Labute approximate surface area is 262 Å². The summed E-state index contributed by atoms with van der Waals surface area (Å²) < 4.78 is 17.8. The number of nitrogens with one attached hydrogen (secondary N) is 3. The minimum atomic E-state index is -1.45. The van der Waals surface area contributed by atoms with Gasteiger partial charge >= 0.3 is 12.1 Å². The minimum absolute atomic E-state index is 0.0608. The zero-order chi connectivity index (χ0) is 33.2. The highest BCUT2D eigenvalue weighted by Gasteiger charge is 2.35. The summed E-state index contributed by atoms with van der Waals surface area (Å²) in [6, 6.07) is 13.6. The minimum Gasteiger partial charge on any atom is -0.494 e. The molecule has 0 aliphatic heterocycles. The quantitative estimate of drug-likeness (QED) is 0.208. The Morgan fingerprint density at radius 1 is 0.978 bits per heavy atom. The van der Waals surface area contributed by atoms with E-state index in [-0.39, 0.29) is 19.0 Å². The smallest absolute Gasteiger partial charge is 0.408 e. The SMILES string of the molecule is CCOc1ccc(C(C(=O)O)n2cnc(NC(=O)C(COCc3ccccc3)NC(=O)C(C)(C)NC(=O)OC(C)(C)C)c2)cc1. The lowest BCUT2D eigenvalue weighted by Gasteiger charge is -2.29. The van der Waals surface area contributed by atoms with E-state index in [1.54, 1.807) is 45.0 Å². The van der Waals surface area contributed by atoms with Gasteiger partial charge in [-0.1, -0.05) is 42.5 Å². The second-order valence-corrected chi connectivity index (χ2v) is 11.7. The molecule has 0 bridgehead atoms. The summed E-state index contributed by atoms with van der Waals surface area (Å²) in [5.74, 6) is -1.79. The van der Waals surface area contributed by atoms with Gasteiger partial charge in [0.05, 0.1) is 26.1 Å². The third kappa shape index (κ3) is 10.6. The number of carbonyl (C=O) groups is 4. The van der Waals surface area contributed by atoms with Gasteiger partial charge in [-0.15, -0.1) is 0 Å². The zero-order valence-corrected chi connectivity index (χ0v) is 26.3. The molecule has 1 aromatic heterocycles. The van der Waals surface area contributed by atoms with E-state index in [0.717, 1.165) is 5.56 Å². The molecule has 2 atom stereocenters. The fourth-order valence-corrected chi connectivity index (χ4v) is 4.12. The number of rotatable bonds is 14. The maximum absolute atomic E-state index is 13.4. The number of carbonyl (C=O) groups excluding carboxylic acids is 3. The van der Waals surface area contributed by atoms with Crippen molar-refractivity contribution in [2.75, 3.05) is 18.5 Å². The van der Waals surface area contributed by atoms with Crippen LogP contribution in [0.4, 0.5) is 10.6 Å². The number of anilines is 1. The van der Waals surface area contributed by atoms with Gasteiger partial charge in [0.2, 0.25) is 5.91 Å². The van der Waals surface area contributed by atoms with E-state index in [1.807, 2.05) is 37.3 Å². The predicted octanol–water partition coefficient (Wildman–Crippen LogP) is 3.90. The highest BCUT2D eigenvalue weighted by atomic mass is 16.6. The van der Waals surface area contributed by atoms with Crippen LogP contribution in [0.5, 0.6) is 5.75 Å². The molecule has 4 N–H and O–H groups in total. The molecule has 0 saturated carbocycles. The first-order valence-corrected chi connectivity index (χ1v) is 14.4. The van der Waals surface area contributed by atoms with Crippen molar-refractivity contribution in [1.29, 1.82) is 0 Å². The fourth-order valence-electron chi connectivity index (χ4n) is 4.12. The summed E-state index contributed by atoms with van der Waals surface area (Å²) in [5, 5.41) is 17.7. The van der Waals surface area contributed by atoms with Crippen molar-refractivity contribution < 1.29 is 38.5 Å². The number of aliphatic carboxylic acids is 1. The van der Waals surface area contributed by atoms with Gasteiger partial charge in [-0.2, -0.15) is 0 Å². The number of aromatic nitrogens is 2. The highest BCUT2D eigenvalue weighted by Crippen LogP contribution is 2.23. The number of benzene rings is 2. The van der Waals surface area contributed by atoms with Gasteiger partial charge in [-0.25, -0.2) is 14.6 Å². The number of nitrogens with zero attached hydrogens (tertiary/aromatic N) is 2. The molecule has 0 spiro atoms. The van der Waals surface area contributed by atoms with Gasteiger partial charge < -0.3 is 39.8 Å². The third-order valence-corrected chi connectivity index (χ3v) is 6.29. The predicted molar refractivity (Wildman–Crippen MR) is 166 cm³/mol. The lowest BCUT2D eigenvalue weighted by molar-refractivity contribution is -0.139. The van der Waals surface area contributed by atoms with Crippen LogP contribution in [0.15, 0.2) is 67.1 Å². The number of hydrogen-bond donors (Lipinski definition) is 4. The number of imidazole rings is 1. The average Bonchev–Trinajstić information content (AvgIpc) is 3.40. The van der Waals surface area contributed by atoms with E-state index >= 15 is 0 Å². The molecule has 0 fully saturated rings. The highest BCUT2D eigenvalue weighted by molar-refractivity contribution is 5.98. The number of carboxylic acid groups (broad SMARTS) is 1. The lowest BCUT2D eigenvalue weighted by Crippen LogP contribution is -2.59. The topological polar surface area (TPSA) is 170 Å². The maximum Gasteiger partial charge on any atom is 0.408 e. The summed E-state index contributed by atoms with van der Waals surface area (Å²) >= 11 is 0. The number of ether oxygens (including phenoxy) is 3. The molecule has 3 aromatic rings. The molecule has 3 rings (SSSR count). The number of carboxylic acids is 1. The second-order valence-electron chi connectivity index (χ2n) is 11.7. The van der Waals surface area contributed by atoms with Crippen molar-refractivity contribution in [3.63, 3.8) is 0 Å². The van der Waals surface area contributed by atoms with Crippen LogP contribution in [0.2, 0.25) is 0 Å². The van der Waals surface area contributed by atoms with Crippen LogP contribution in [0, 0.1) is 0 Å². The molecular weight excluding hydrogens is 582 g/mol. The summed E-state index contributed by atoms with van der Waals surface area (Å²) in [4.78, 5) is 55.3. The van der Waals surface area contributed by atoms with E-state index in [9.17, 15) is 24.3 Å². The lowest BCUT2D eigenvalue weighted by atomic mass is 10.0. The largest absolute Gasteiger partial charge is 0.494 e. The molecule has 1 heterocycles. The normalized spacial score (nSPS) is 12.8. The van der Waals surface area contributed by atoms with Crippen LogP contribution in [0.25, 0.3) is 0 Å². The molecule has 2 unspecified atom stereocenters. The van der Waals surface area contributed by atoms with Crippen molar-refractivity contribution in [3.8, 4) is 5.75 Å². The van der Waals surface area contributed by atoms with Gasteiger partial charge in [0.15, 0.2) is 11.9 Å². The molecule has 0 radical (unpaired) electrons. The van der Waals surface area contributed by atoms with E-state index in [1.165, 1.54) is 30.9 Å². The molecule has 13 nitrogen and oxygen atoms in total. The van der Waals surface area contributed by atoms with Crippen molar-refractivity contribution >= 4 is 29.7 Å². The number of hydrogen-bond acceptors (Lipinski definition) is 8.